The fourth-order valence-corrected chi connectivity index (χ4v) is 4.31. The highest BCUT2D eigenvalue weighted by molar-refractivity contribution is 9.10. The van der Waals surface area contributed by atoms with Gasteiger partial charge in [-0.2, -0.15) is 9.61 Å². The highest BCUT2D eigenvalue weighted by Crippen LogP contribution is 2.27. The molecule has 24 heavy (non-hydrogen) atoms. The van der Waals surface area contributed by atoms with Crippen LogP contribution in [0.3, 0.4) is 0 Å². The van der Waals surface area contributed by atoms with Crippen molar-refractivity contribution in [3.8, 4) is 10.6 Å². The van der Waals surface area contributed by atoms with Crippen molar-refractivity contribution in [3.05, 3.63) is 70.5 Å². The molecule has 0 amide bonds. The Labute approximate surface area is 156 Å². The molecule has 2 heterocycles. The van der Waals surface area contributed by atoms with E-state index in [4.69, 9.17) is 0 Å². The minimum atomic E-state index is 0.791. The van der Waals surface area contributed by atoms with Crippen LogP contribution < -0.4 is 0 Å². The molecule has 2 aromatic carbocycles. The maximum Gasteiger partial charge on any atom is 0.235 e. The zero-order valence-electron chi connectivity index (χ0n) is 12.6. The Morgan fingerprint density at radius 2 is 1.75 bits per heavy atom. The Kier molecular flexibility index (Phi) is 4.64. The maximum absolute atomic E-state index is 4.68. The number of halogens is 1. The molecule has 0 aliphatic rings. The summed E-state index contributed by atoms with van der Waals surface area (Å²) in [5.74, 6) is 2.64. The second kappa shape index (κ2) is 7.04. The van der Waals surface area contributed by atoms with Crippen LogP contribution >= 0.6 is 39.0 Å². The molecule has 4 rings (SSSR count). The van der Waals surface area contributed by atoms with Gasteiger partial charge in [-0.05, 0) is 17.7 Å². The van der Waals surface area contributed by atoms with Crippen molar-refractivity contribution in [1.82, 2.24) is 19.8 Å². The van der Waals surface area contributed by atoms with Gasteiger partial charge in [0.1, 0.15) is 5.01 Å². The predicted octanol–water partition coefficient (Wildman–Crippen LogP) is 5.05. The van der Waals surface area contributed by atoms with Crippen LogP contribution in [0.4, 0.5) is 0 Å². The fraction of sp³-hybridized carbons (Fsp3) is 0.118. The molecular weight excluding hydrogens is 404 g/mol. The molecule has 120 valence electrons. The lowest BCUT2D eigenvalue weighted by molar-refractivity contribution is 0.887. The van der Waals surface area contributed by atoms with Crippen LogP contribution in [-0.4, -0.2) is 19.8 Å². The first-order chi connectivity index (χ1) is 11.8. The average Bonchev–Trinajstić information content (AvgIpc) is 3.18. The van der Waals surface area contributed by atoms with Gasteiger partial charge in [-0.1, -0.05) is 69.7 Å². The summed E-state index contributed by atoms with van der Waals surface area (Å²) in [7, 11) is 0. The Bertz CT molecular complexity index is 948. The summed E-state index contributed by atoms with van der Waals surface area (Å²) in [5.41, 5.74) is 2.41. The van der Waals surface area contributed by atoms with Crippen LogP contribution in [0.15, 0.2) is 59.1 Å². The summed E-state index contributed by atoms with van der Waals surface area (Å²) < 4.78 is 2.92. The number of benzene rings is 2. The van der Waals surface area contributed by atoms with Crippen LogP contribution in [0.5, 0.6) is 0 Å². The molecule has 0 saturated heterocycles. The fourth-order valence-electron chi connectivity index (χ4n) is 2.29. The Hall–Kier alpha value is -1.70. The van der Waals surface area contributed by atoms with Crippen molar-refractivity contribution in [2.45, 2.75) is 11.5 Å². The molecule has 4 aromatic rings. The molecule has 0 N–H and O–H groups in total. The van der Waals surface area contributed by atoms with Gasteiger partial charge in [-0.15, -0.1) is 22.0 Å². The molecule has 0 fully saturated rings. The third-order valence-corrected chi connectivity index (χ3v) is 5.97. The van der Waals surface area contributed by atoms with Gasteiger partial charge in [0, 0.05) is 15.8 Å². The number of rotatable bonds is 5. The molecule has 2 aromatic heterocycles. The summed E-state index contributed by atoms with van der Waals surface area (Å²) in [6, 6.07) is 18.6. The molecule has 7 heteroatoms. The van der Waals surface area contributed by atoms with Crippen molar-refractivity contribution in [1.29, 1.82) is 0 Å². The van der Waals surface area contributed by atoms with Gasteiger partial charge in [0.25, 0.3) is 0 Å². The first-order valence-electron chi connectivity index (χ1n) is 7.38. The summed E-state index contributed by atoms with van der Waals surface area (Å²) in [5, 5.41) is 14.2. The number of aromatic nitrogens is 4. The second-order valence-corrected chi connectivity index (χ2v) is 8.06. The molecule has 0 radical (unpaired) electrons. The molecule has 0 aliphatic heterocycles. The number of nitrogens with zero attached hydrogens (tertiary/aromatic N) is 4. The zero-order chi connectivity index (χ0) is 16.4. The maximum atomic E-state index is 4.68. The van der Waals surface area contributed by atoms with E-state index in [1.807, 2.05) is 34.5 Å². The van der Waals surface area contributed by atoms with Crippen molar-refractivity contribution in [2.75, 3.05) is 0 Å². The van der Waals surface area contributed by atoms with E-state index in [2.05, 4.69) is 67.6 Å². The SMILES string of the molecule is Brc1ccc(-c2nn3c(CSCc4ccccc4)nnc3s2)cc1. The number of thioether (sulfide) groups is 1. The smallest absolute Gasteiger partial charge is 0.186 e. The third kappa shape index (κ3) is 3.38. The molecule has 0 saturated carbocycles. The van der Waals surface area contributed by atoms with Crippen LogP contribution in [0, 0.1) is 0 Å². The van der Waals surface area contributed by atoms with Gasteiger partial charge in [0.2, 0.25) is 4.96 Å². The van der Waals surface area contributed by atoms with Gasteiger partial charge < -0.3 is 0 Å². The summed E-state index contributed by atoms with van der Waals surface area (Å²) in [6.45, 7) is 0. The highest BCUT2D eigenvalue weighted by atomic mass is 79.9. The lowest BCUT2D eigenvalue weighted by Gasteiger charge is -2.00. The van der Waals surface area contributed by atoms with E-state index in [1.165, 1.54) is 5.56 Å². The highest BCUT2D eigenvalue weighted by Gasteiger charge is 2.13. The normalized spacial score (nSPS) is 11.2. The quantitative estimate of drug-likeness (QED) is 0.456. The molecular formula is C17H13BrN4S2. The molecule has 0 aliphatic carbocycles. The summed E-state index contributed by atoms with van der Waals surface area (Å²) >= 11 is 6.84. The standard InChI is InChI=1S/C17H13BrN4S2/c18-14-8-6-13(7-9-14)16-21-22-15(19-20-17(22)24-16)11-23-10-12-4-2-1-3-5-12/h1-9H,10-11H2. The van der Waals surface area contributed by atoms with Crippen molar-refractivity contribution in [2.24, 2.45) is 0 Å². The minimum Gasteiger partial charge on any atom is -0.186 e. The Balaban J connectivity index is 1.51. The van der Waals surface area contributed by atoms with E-state index in [9.17, 15) is 0 Å². The second-order valence-electron chi connectivity index (χ2n) is 5.20. The topological polar surface area (TPSA) is 43.1 Å². The number of hydrogen-bond donors (Lipinski definition) is 0. The van der Waals surface area contributed by atoms with Crippen LogP contribution in [0.1, 0.15) is 11.4 Å². The lowest BCUT2D eigenvalue weighted by Crippen LogP contribution is -1.94. The van der Waals surface area contributed by atoms with Crippen molar-refractivity contribution >= 4 is 44.0 Å². The average molecular weight is 417 g/mol. The first kappa shape index (κ1) is 15.8. The summed E-state index contributed by atoms with van der Waals surface area (Å²) in [4.78, 5) is 0.836. The van der Waals surface area contributed by atoms with E-state index in [1.54, 1.807) is 11.3 Å². The summed E-state index contributed by atoms with van der Waals surface area (Å²) in [6.07, 6.45) is 0. The zero-order valence-corrected chi connectivity index (χ0v) is 15.8. The molecule has 0 bridgehead atoms. The molecule has 0 spiro atoms. The first-order valence-corrected chi connectivity index (χ1v) is 10.1. The predicted molar refractivity (Wildman–Crippen MR) is 103 cm³/mol. The minimum absolute atomic E-state index is 0.791. The lowest BCUT2D eigenvalue weighted by atomic mass is 10.2. The van der Waals surface area contributed by atoms with Crippen molar-refractivity contribution in [3.63, 3.8) is 0 Å². The van der Waals surface area contributed by atoms with Gasteiger partial charge in [-0.3, -0.25) is 0 Å². The molecule has 0 unspecified atom stereocenters. The van der Waals surface area contributed by atoms with Crippen LogP contribution in [-0.2, 0) is 11.5 Å². The van der Waals surface area contributed by atoms with E-state index < -0.39 is 0 Å². The third-order valence-electron chi connectivity index (χ3n) is 3.49. The van der Waals surface area contributed by atoms with Crippen molar-refractivity contribution < 1.29 is 0 Å². The monoisotopic (exact) mass is 416 g/mol. The van der Waals surface area contributed by atoms with Gasteiger partial charge in [0.05, 0.1) is 5.75 Å². The van der Waals surface area contributed by atoms with E-state index in [0.29, 0.717) is 0 Å². The van der Waals surface area contributed by atoms with E-state index in [0.717, 1.165) is 37.3 Å². The number of hydrogen-bond acceptors (Lipinski definition) is 5. The Morgan fingerprint density at radius 3 is 2.54 bits per heavy atom. The largest absolute Gasteiger partial charge is 0.235 e. The van der Waals surface area contributed by atoms with Crippen LogP contribution in [0.2, 0.25) is 0 Å². The van der Waals surface area contributed by atoms with E-state index in [-0.39, 0.29) is 0 Å². The van der Waals surface area contributed by atoms with Gasteiger partial charge >= 0.3 is 0 Å². The van der Waals surface area contributed by atoms with Gasteiger partial charge in [0.15, 0.2) is 5.82 Å². The van der Waals surface area contributed by atoms with Gasteiger partial charge in [-0.25, -0.2) is 0 Å². The Morgan fingerprint density at radius 1 is 0.958 bits per heavy atom. The van der Waals surface area contributed by atoms with E-state index >= 15 is 0 Å². The molecule has 0 atom stereocenters. The van der Waals surface area contributed by atoms with Crippen LogP contribution in [0.25, 0.3) is 15.5 Å². The molecule has 4 nitrogen and oxygen atoms in total. The number of fused-ring (bicyclic) bond motifs is 1.